The van der Waals surface area contributed by atoms with Crippen LogP contribution in [0.5, 0.6) is 0 Å². The maximum atomic E-state index is 4.45. The zero-order valence-corrected chi connectivity index (χ0v) is 12.6. The summed E-state index contributed by atoms with van der Waals surface area (Å²) in [7, 11) is 0. The molecule has 1 aliphatic heterocycles. The maximum Gasteiger partial charge on any atom is 0.182 e. The van der Waals surface area contributed by atoms with Gasteiger partial charge in [0, 0.05) is 36.2 Å². The number of aromatic nitrogens is 1. The van der Waals surface area contributed by atoms with Gasteiger partial charge < -0.3 is 5.32 Å². The van der Waals surface area contributed by atoms with E-state index in [0.717, 1.165) is 24.6 Å². The molecule has 18 heavy (non-hydrogen) atoms. The Hall–Kier alpha value is -0.610. The van der Waals surface area contributed by atoms with Gasteiger partial charge in [-0.15, -0.1) is 11.3 Å². The minimum Gasteiger partial charge on any atom is -0.362 e. The molecule has 0 saturated carbocycles. The Morgan fingerprint density at radius 2 is 2.11 bits per heavy atom. The summed E-state index contributed by atoms with van der Waals surface area (Å²) in [5.41, 5.74) is 0. The van der Waals surface area contributed by atoms with Crippen molar-refractivity contribution in [2.24, 2.45) is 0 Å². The lowest BCUT2D eigenvalue weighted by atomic mass is 9.97. The van der Waals surface area contributed by atoms with Crippen molar-refractivity contribution in [2.75, 3.05) is 11.9 Å². The molecule has 1 N–H and O–H groups in total. The fraction of sp³-hybridized carbons (Fsp3) is 0.786. The molecule has 1 fully saturated rings. The molecule has 2 heterocycles. The Morgan fingerprint density at radius 1 is 1.39 bits per heavy atom. The van der Waals surface area contributed by atoms with Gasteiger partial charge in [-0.25, -0.2) is 4.98 Å². The predicted octanol–water partition coefficient (Wildman–Crippen LogP) is 3.73. The van der Waals surface area contributed by atoms with Crippen LogP contribution in [0.25, 0.3) is 0 Å². The Bertz CT molecular complexity index is 354. The van der Waals surface area contributed by atoms with Crippen LogP contribution in [-0.2, 0) is 6.54 Å². The van der Waals surface area contributed by atoms with Crippen molar-refractivity contribution in [2.45, 2.75) is 65.1 Å². The van der Waals surface area contributed by atoms with Crippen LogP contribution in [0.2, 0.25) is 0 Å². The van der Waals surface area contributed by atoms with Crippen LogP contribution in [-0.4, -0.2) is 28.5 Å². The van der Waals surface area contributed by atoms with E-state index in [1.54, 1.807) is 11.3 Å². The van der Waals surface area contributed by atoms with Crippen LogP contribution in [0.3, 0.4) is 0 Å². The van der Waals surface area contributed by atoms with Crippen molar-refractivity contribution in [3.63, 3.8) is 0 Å². The number of hydrogen-bond acceptors (Lipinski definition) is 4. The average molecular weight is 267 g/mol. The second-order valence-corrected chi connectivity index (χ2v) is 6.47. The van der Waals surface area contributed by atoms with Gasteiger partial charge in [0.25, 0.3) is 0 Å². The zero-order chi connectivity index (χ0) is 13.0. The zero-order valence-electron chi connectivity index (χ0n) is 11.8. The van der Waals surface area contributed by atoms with Gasteiger partial charge in [0.2, 0.25) is 0 Å². The summed E-state index contributed by atoms with van der Waals surface area (Å²) in [6.07, 6.45) is 7.24. The van der Waals surface area contributed by atoms with Gasteiger partial charge in [-0.3, -0.25) is 4.90 Å². The summed E-state index contributed by atoms with van der Waals surface area (Å²) in [5, 5.41) is 4.44. The van der Waals surface area contributed by atoms with Gasteiger partial charge in [-0.05, 0) is 33.1 Å². The van der Waals surface area contributed by atoms with Gasteiger partial charge in [0.15, 0.2) is 5.13 Å². The Morgan fingerprint density at radius 3 is 2.78 bits per heavy atom. The van der Waals surface area contributed by atoms with Crippen LogP contribution < -0.4 is 5.32 Å². The van der Waals surface area contributed by atoms with Gasteiger partial charge in [0.1, 0.15) is 0 Å². The molecule has 4 heteroatoms. The van der Waals surface area contributed by atoms with Crippen molar-refractivity contribution in [3.8, 4) is 0 Å². The number of nitrogens with zero attached hydrogens (tertiary/aromatic N) is 2. The van der Waals surface area contributed by atoms with Crippen LogP contribution >= 0.6 is 11.3 Å². The van der Waals surface area contributed by atoms with E-state index >= 15 is 0 Å². The summed E-state index contributed by atoms with van der Waals surface area (Å²) in [6, 6.07) is 1.42. The normalized spacial score (nSPS) is 25.3. The molecule has 102 valence electrons. The third kappa shape index (κ3) is 3.45. The molecule has 0 aliphatic carbocycles. The number of nitrogens with one attached hydrogen (secondary N) is 1. The van der Waals surface area contributed by atoms with Crippen LogP contribution in [0.1, 0.15) is 51.3 Å². The van der Waals surface area contributed by atoms with Crippen molar-refractivity contribution >= 4 is 16.5 Å². The summed E-state index contributed by atoms with van der Waals surface area (Å²) in [5.74, 6) is 0. The van der Waals surface area contributed by atoms with Crippen molar-refractivity contribution < 1.29 is 0 Å². The highest BCUT2D eigenvalue weighted by Crippen LogP contribution is 2.27. The molecule has 0 radical (unpaired) electrons. The Labute approximate surface area is 115 Å². The largest absolute Gasteiger partial charge is 0.362 e. The average Bonchev–Trinajstić information content (AvgIpc) is 2.79. The second-order valence-electron chi connectivity index (χ2n) is 5.36. The highest BCUT2D eigenvalue weighted by Gasteiger charge is 2.25. The molecule has 0 bridgehead atoms. The first kappa shape index (κ1) is 13.8. The van der Waals surface area contributed by atoms with Crippen molar-refractivity contribution in [1.82, 2.24) is 9.88 Å². The molecule has 0 spiro atoms. The third-order valence-corrected chi connectivity index (χ3v) is 4.73. The van der Waals surface area contributed by atoms with Crippen LogP contribution in [0.15, 0.2) is 6.20 Å². The Kier molecular flexibility index (Phi) is 5.01. The lowest BCUT2D eigenvalue weighted by Gasteiger charge is -2.38. The standard InChI is InChI=1S/C14H25N3S/c1-4-8-15-14-16-9-13(18-14)10-17-11(2)6-5-7-12(17)3/h9,11-12H,4-8,10H2,1-3H3,(H,15,16)/t11-,12+. The van der Waals surface area contributed by atoms with E-state index in [9.17, 15) is 0 Å². The monoisotopic (exact) mass is 267 g/mol. The molecule has 1 aliphatic rings. The highest BCUT2D eigenvalue weighted by molar-refractivity contribution is 7.15. The second kappa shape index (κ2) is 6.53. The summed E-state index contributed by atoms with van der Waals surface area (Å²) in [4.78, 5) is 8.46. The fourth-order valence-corrected chi connectivity index (χ4v) is 3.51. The van der Waals surface area contributed by atoms with E-state index in [4.69, 9.17) is 0 Å². The molecule has 3 nitrogen and oxygen atoms in total. The van der Waals surface area contributed by atoms with Gasteiger partial charge in [-0.2, -0.15) is 0 Å². The first-order chi connectivity index (χ1) is 8.70. The molecule has 2 atom stereocenters. The lowest BCUT2D eigenvalue weighted by Crippen LogP contribution is -2.42. The van der Waals surface area contributed by atoms with Crippen molar-refractivity contribution in [1.29, 1.82) is 0 Å². The minimum absolute atomic E-state index is 0.711. The number of rotatable bonds is 5. The van der Waals surface area contributed by atoms with Crippen molar-refractivity contribution in [3.05, 3.63) is 11.1 Å². The molecule has 1 aromatic heterocycles. The number of piperidine rings is 1. The lowest BCUT2D eigenvalue weighted by molar-refractivity contribution is 0.0964. The van der Waals surface area contributed by atoms with E-state index in [2.05, 4.69) is 36.0 Å². The molecule has 0 aromatic carbocycles. The number of anilines is 1. The first-order valence-electron chi connectivity index (χ1n) is 7.15. The van der Waals surface area contributed by atoms with E-state index in [-0.39, 0.29) is 0 Å². The van der Waals surface area contributed by atoms with Crippen LogP contribution in [0.4, 0.5) is 5.13 Å². The number of hydrogen-bond donors (Lipinski definition) is 1. The molecule has 1 aromatic rings. The smallest absolute Gasteiger partial charge is 0.182 e. The third-order valence-electron chi connectivity index (χ3n) is 3.79. The molecular formula is C14H25N3S. The fourth-order valence-electron chi connectivity index (χ4n) is 2.66. The number of thiazole rings is 1. The summed E-state index contributed by atoms with van der Waals surface area (Å²) < 4.78 is 0. The summed E-state index contributed by atoms with van der Waals surface area (Å²) in [6.45, 7) is 8.97. The van der Waals surface area contributed by atoms with Gasteiger partial charge in [-0.1, -0.05) is 13.3 Å². The van der Waals surface area contributed by atoms with Gasteiger partial charge >= 0.3 is 0 Å². The Balaban J connectivity index is 1.93. The predicted molar refractivity (Wildman–Crippen MR) is 79.2 cm³/mol. The molecular weight excluding hydrogens is 242 g/mol. The maximum absolute atomic E-state index is 4.45. The highest BCUT2D eigenvalue weighted by atomic mass is 32.1. The van der Waals surface area contributed by atoms with Gasteiger partial charge in [0.05, 0.1) is 0 Å². The van der Waals surface area contributed by atoms with E-state index in [0.29, 0.717) is 12.1 Å². The quantitative estimate of drug-likeness (QED) is 0.881. The van der Waals surface area contributed by atoms with E-state index in [1.165, 1.54) is 24.1 Å². The number of likely N-dealkylation sites (tertiary alicyclic amines) is 1. The molecule has 1 saturated heterocycles. The SMILES string of the molecule is CCCNc1ncc(CN2[C@H](C)CCC[C@@H]2C)s1. The topological polar surface area (TPSA) is 28.2 Å². The summed E-state index contributed by atoms with van der Waals surface area (Å²) >= 11 is 1.81. The first-order valence-corrected chi connectivity index (χ1v) is 7.96. The van der Waals surface area contributed by atoms with E-state index in [1.807, 2.05) is 6.20 Å². The van der Waals surface area contributed by atoms with E-state index < -0.39 is 0 Å². The molecule has 0 amide bonds. The molecule has 2 rings (SSSR count). The minimum atomic E-state index is 0.711. The molecule has 0 unspecified atom stereocenters. The van der Waals surface area contributed by atoms with Crippen LogP contribution in [0, 0.1) is 0 Å².